The Labute approximate surface area is 136 Å². The Bertz CT molecular complexity index is 688. The third-order valence-electron chi connectivity index (χ3n) is 4.34. The molecule has 0 spiro atoms. The van der Waals surface area contributed by atoms with E-state index < -0.39 is 0 Å². The standard InChI is InChI=1S/C17H21N5O/c1-3-16-19-17(21-20-16)15-11-22(8-9-23-15)12(2)14-6-4-13(10-18)5-7-14/h4-7,12,15H,3,8-9,11H2,1-2H3,(H,19,20,21)/t12-,15-/m1/s1. The summed E-state index contributed by atoms with van der Waals surface area (Å²) in [7, 11) is 0. The molecule has 1 saturated heterocycles. The lowest BCUT2D eigenvalue weighted by atomic mass is 10.0. The molecule has 6 nitrogen and oxygen atoms in total. The summed E-state index contributed by atoms with van der Waals surface area (Å²) in [5.74, 6) is 1.62. The molecule has 2 atom stereocenters. The van der Waals surface area contributed by atoms with Gasteiger partial charge < -0.3 is 4.74 Å². The van der Waals surface area contributed by atoms with Crippen LogP contribution in [-0.2, 0) is 11.2 Å². The number of aryl methyl sites for hydroxylation is 1. The molecule has 0 unspecified atom stereocenters. The van der Waals surface area contributed by atoms with E-state index >= 15 is 0 Å². The molecular weight excluding hydrogens is 290 g/mol. The van der Waals surface area contributed by atoms with Crippen LogP contribution in [0.2, 0.25) is 0 Å². The van der Waals surface area contributed by atoms with Crippen molar-refractivity contribution in [2.45, 2.75) is 32.4 Å². The van der Waals surface area contributed by atoms with Crippen molar-refractivity contribution in [3.8, 4) is 6.07 Å². The van der Waals surface area contributed by atoms with Crippen LogP contribution in [0.5, 0.6) is 0 Å². The lowest BCUT2D eigenvalue weighted by Gasteiger charge is -2.36. The van der Waals surface area contributed by atoms with Gasteiger partial charge in [-0.15, -0.1) is 0 Å². The SMILES string of the molecule is CCc1nc([C@H]2CN([C@H](C)c3ccc(C#N)cc3)CCO2)n[nH]1. The van der Waals surface area contributed by atoms with Crippen LogP contribution in [0.4, 0.5) is 0 Å². The van der Waals surface area contributed by atoms with Gasteiger partial charge in [-0.25, -0.2) is 4.98 Å². The number of nitrogens with zero attached hydrogens (tertiary/aromatic N) is 4. The average molecular weight is 311 g/mol. The second-order valence-electron chi connectivity index (χ2n) is 5.76. The highest BCUT2D eigenvalue weighted by molar-refractivity contribution is 5.32. The van der Waals surface area contributed by atoms with E-state index in [0.717, 1.165) is 31.2 Å². The Morgan fingerprint density at radius 3 is 2.87 bits per heavy atom. The fraction of sp³-hybridized carbons (Fsp3) is 0.471. The minimum atomic E-state index is -0.0962. The van der Waals surface area contributed by atoms with Gasteiger partial charge in [0.15, 0.2) is 5.82 Å². The lowest BCUT2D eigenvalue weighted by Crippen LogP contribution is -2.40. The van der Waals surface area contributed by atoms with E-state index in [4.69, 9.17) is 10.00 Å². The van der Waals surface area contributed by atoms with Gasteiger partial charge in [-0.05, 0) is 24.6 Å². The van der Waals surface area contributed by atoms with E-state index in [9.17, 15) is 0 Å². The summed E-state index contributed by atoms with van der Waals surface area (Å²) in [6, 6.07) is 10.2. The van der Waals surface area contributed by atoms with Gasteiger partial charge in [-0.2, -0.15) is 10.4 Å². The molecule has 0 aliphatic carbocycles. The maximum absolute atomic E-state index is 8.91. The van der Waals surface area contributed by atoms with Crippen LogP contribution in [-0.4, -0.2) is 39.8 Å². The molecule has 6 heteroatoms. The van der Waals surface area contributed by atoms with Crippen molar-refractivity contribution in [2.24, 2.45) is 0 Å². The van der Waals surface area contributed by atoms with Crippen LogP contribution in [0.3, 0.4) is 0 Å². The molecule has 1 N–H and O–H groups in total. The zero-order valence-electron chi connectivity index (χ0n) is 13.5. The number of hydrogen-bond donors (Lipinski definition) is 1. The number of rotatable bonds is 4. The van der Waals surface area contributed by atoms with E-state index in [2.05, 4.69) is 33.1 Å². The number of morpholine rings is 1. The average Bonchev–Trinajstić information content (AvgIpc) is 3.10. The molecule has 1 fully saturated rings. The predicted octanol–water partition coefficient (Wildman–Crippen LogP) is 2.37. The van der Waals surface area contributed by atoms with Gasteiger partial charge in [0.05, 0.1) is 18.2 Å². The van der Waals surface area contributed by atoms with E-state index in [0.29, 0.717) is 12.2 Å². The number of hydrogen-bond acceptors (Lipinski definition) is 5. The number of H-pyrrole nitrogens is 1. The molecule has 0 amide bonds. The van der Waals surface area contributed by atoms with E-state index in [1.807, 2.05) is 31.2 Å². The Morgan fingerprint density at radius 1 is 1.43 bits per heavy atom. The Balaban J connectivity index is 1.70. The quantitative estimate of drug-likeness (QED) is 0.938. The molecule has 0 saturated carbocycles. The number of nitrogens with one attached hydrogen (secondary N) is 1. The topological polar surface area (TPSA) is 77.8 Å². The first-order valence-corrected chi connectivity index (χ1v) is 7.98. The second-order valence-corrected chi connectivity index (χ2v) is 5.76. The number of benzene rings is 1. The van der Waals surface area contributed by atoms with Gasteiger partial charge in [0.1, 0.15) is 11.9 Å². The van der Waals surface area contributed by atoms with Crippen molar-refractivity contribution >= 4 is 0 Å². The van der Waals surface area contributed by atoms with Gasteiger partial charge in [0.2, 0.25) is 0 Å². The highest BCUT2D eigenvalue weighted by atomic mass is 16.5. The van der Waals surface area contributed by atoms with Crippen LogP contribution in [0.15, 0.2) is 24.3 Å². The first-order chi connectivity index (χ1) is 11.2. The molecule has 2 aromatic rings. The summed E-state index contributed by atoms with van der Waals surface area (Å²) < 4.78 is 5.84. The van der Waals surface area contributed by atoms with Crippen molar-refractivity contribution in [3.63, 3.8) is 0 Å². The zero-order valence-corrected chi connectivity index (χ0v) is 13.5. The fourth-order valence-corrected chi connectivity index (χ4v) is 2.84. The van der Waals surface area contributed by atoms with Crippen molar-refractivity contribution < 1.29 is 4.74 Å². The Kier molecular flexibility index (Phi) is 4.70. The summed E-state index contributed by atoms with van der Waals surface area (Å²) in [6.07, 6.45) is 0.742. The summed E-state index contributed by atoms with van der Waals surface area (Å²) in [6.45, 7) is 6.54. The van der Waals surface area contributed by atoms with Gasteiger partial charge >= 0.3 is 0 Å². The summed E-state index contributed by atoms with van der Waals surface area (Å²) >= 11 is 0. The molecule has 120 valence electrons. The van der Waals surface area contributed by atoms with E-state index in [1.54, 1.807) is 0 Å². The molecule has 1 aliphatic rings. The third-order valence-corrected chi connectivity index (χ3v) is 4.34. The molecule has 1 aromatic heterocycles. The Hall–Kier alpha value is -2.23. The molecule has 1 aromatic carbocycles. The van der Waals surface area contributed by atoms with Crippen LogP contribution < -0.4 is 0 Å². The predicted molar refractivity (Wildman–Crippen MR) is 85.6 cm³/mol. The zero-order chi connectivity index (χ0) is 16.2. The third kappa shape index (κ3) is 3.41. The van der Waals surface area contributed by atoms with Crippen LogP contribution in [0.25, 0.3) is 0 Å². The van der Waals surface area contributed by atoms with Crippen molar-refractivity contribution in [1.82, 2.24) is 20.1 Å². The molecule has 3 rings (SSSR count). The highest BCUT2D eigenvalue weighted by Crippen LogP contribution is 2.27. The Morgan fingerprint density at radius 2 is 2.22 bits per heavy atom. The summed E-state index contributed by atoms with van der Waals surface area (Å²) in [5, 5.41) is 16.1. The molecular formula is C17H21N5O. The number of aromatic nitrogens is 3. The van der Waals surface area contributed by atoms with Crippen LogP contribution >= 0.6 is 0 Å². The van der Waals surface area contributed by atoms with Gasteiger partial charge in [0, 0.05) is 25.6 Å². The molecule has 0 bridgehead atoms. The molecule has 2 heterocycles. The first-order valence-electron chi connectivity index (χ1n) is 7.98. The summed E-state index contributed by atoms with van der Waals surface area (Å²) in [4.78, 5) is 6.86. The van der Waals surface area contributed by atoms with Gasteiger partial charge in [-0.3, -0.25) is 10.00 Å². The van der Waals surface area contributed by atoms with Crippen molar-refractivity contribution in [3.05, 3.63) is 47.0 Å². The van der Waals surface area contributed by atoms with E-state index in [-0.39, 0.29) is 12.1 Å². The smallest absolute Gasteiger partial charge is 0.180 e. The van der Waals surface area contributed by atoms with Crippen molar-refractivity contribution in [2.75, 3.05) is 19.7 Å². The number of aromatic amines is 1. The lowest BCUT2D eigenvalue weighted by molar-refractivity contribution is -0.0470. The number of nitriles is 1. The molecule has 23 heavy (non-hydrogen) atoms. The maximum atomic E-state index is 8.91. The normalized spacial score (nSPS) is 20.1. The fourth-order valence-electron chi connectivity index (χ4n) is 2.84. The first kappa shape index (κ1) is 15.7. The van der Waals surface area contributed by atoms with Crippen LogP contribution in [0, 0.1) is 11.3 Å². The molecule has 0 radical (unpaired) electrons. The van der Waals surface area contributed by atoms with Gasteiger partial charge in [-0.1, -0.05) is 19.1 Å². The van der Waals surface area contributed by atoms with Gasteiger partial charge in [0.25, 0.3) is 0 Å². The highest BCUT2D eigenvalue weighted by Gasteiger charge is 2.28. The number of ether oxygens (including phenoxy) is 1. The van der Waals surface area contributed by atoms with Crippen molar-refractivity contribution in [1.29, 1.82) is 5.26 Å². The maximum Gasteiger partial charge on any atom is 0.180 e. The minimum absolute atomic E-state index is 0.0962. The van der Waals surface area contributed by atoms with E-state index in [1.165, 1.54) is 5.56 Å². The van der Waals surface area contributed by atoms with Crippen LogP contribution in [0.1, 0.15) is 48.8 Å². The second kappa shape index (κ2) is 6.90. The largest absolute Gasteiger partial charge is 0.367 e. The minimum Gasteiger partial charge on any atom is -0.367 e. The monoisotopic (exact) mass is 311 g/mol. The summed E-state index contributed by atoms with van der Waals surface area (Å²) in [5.41, 5.74) is 1.89. The molecule has 1 aliphatic heterocycles.